The molecule has 0 bridgehead atoms. The van der Waals surface area contributed by atoms with Crippen molar-refractivity contribution >= 4 is 5.91 Å². The molecule has 27 heavy (non-hydrogen) atoms. The van der Waals surface area contributed by atoms with Crippen LogP contribution in [0.5, 0.6) is 0 Å². The van der Waals surface area contributed by atoms with E-state index in [-0.39, 0.29) is 5.91 Å². The molecule has 0 saturated carbocycles. The van der Waals surface area contributed by atoms with Gasteiger partial charge in [-0.05, 0) is 49.8 Å². The maximum absolute atomic E-state index is 13.0. The highest BCUT2D eigenvalue weighted by molar-refractivity contribution is 5.95. The van der Waals surface area contributed by atoms with Crippen molar-refractivity contribution in [2.45, 2.75) is 26.2 Å². The second kappa shape index (κ2) is 7.78. The van der Waals surface area contributed by atoms with E-state index < -0.39 is 0 Å². The molecule has 0 radical (unpaired) electrons. The minimum Gasteiger partial charge on any atom is -0.339 e. The molecule has 2 aromatic carbocycles. The number of likely N-dealkylation sites (tertiary alicyclic amines) is 1. The molecule has 0 unspecified atom stereocenters. The molecule has 1 saturated heterocycles. The summed E-state index contributed by atoms with van der Waals surface area (Å²) in [6.45, 7) is 3.62. The number of para-hydroxylation sites is 1. The van der Waals surface area contributed by atoms with E-state index in [1.54, 1.807) is 6.20 Å². The topological polar surface area (TPSA) is 38.1 Å². The number of hydrogen-bond acceptors (Lipinski definition) is 2. The maximum Gasteiger partial charge on any atom is 0.257 e. The van der Waals surface area contributed by atoms with Gasteiger partial charge in [0.2, 0.25) is 0 Å². The van der Waals surface area contributed by atoms with E-state index in [1.165, 1.54) is 5.56 Å². The van der Waals surface area contributed by atoms with Crippen LogP contribution in [0, 0.1) is 12.8 Å². The van der Waals surface area contributed by atoms with Crippen molar-refractivity contribution in [3.8, 4) is 5.69 Å². The number of nitrogens with zero attached hydrogens (tertiary/aromatic N) is 3. The molecule has 1 aliphatic heterocycles. The smallest absolute Gasteiger partial charge is 0.257 e. The quantitative estimate of drug-likeness (QED) is 0.697. The van der Waals surface area contributed by atoms with Crippen LogP contribution in [0.15, 0.2) is 66.9 Å². The summed E-state index contributed by atoms with van der Waals surface area (Å²) in [5.74, 6) is 0.762. The Morgan fingerprint density at radius 1 is 1.00 bits per heavy atom. The first-order valence-corrected chi connectivity index (χ1v) is 9.65. The van der Waals surface area contributed by atoms with Crippen LogP contribution < -0.4 is 0 Å². The second-order valence-corrected chi connectivity index (χ2v) is 7.32. The Hall–Kier alpha value is -2.88. The Morgan fingerprint density at radius 3 is 2.30 bits per heavy atom. The molecule has 1 fully saturated rings. The molecular formula is C23H25N3O. The van der Waals surface area contributed by atoms with Crippen LogP contribution in [0.1, 0.15) is 34.5 Å². The molecule has 1 aromatic heterocycles. The normalized spacial score (nSPS) is 15.1. The molecule has 0 N–H and O–H groups in total. The van der Waals surface area contributed by atoms with Gasteiger partial charge in [0.1, 0.15) is 0 Å². The number of amides is 1. The summed E-state index contributed by atoms with van der Waals surface area (Å²) in [7, 11) is 0. The van der Waals surface area contributed by atoms with Gasteiger partial charge < -0.3 is 4.90 Å². The van der Waals surface area contributed by atoms with E-state index in [2.05, 4.69) is 35.4 Å². The molecule has 1 aliphatic rings. The first-order valence-electron chi connectivity index (χ1n) is 9.65. The summed E-state index contributed by atoms with van der Waals surface area (Å²) in [6.07, 6.45) is 4.94. The summed E-state index contributed by atoms with van der Waals surface area (Å²) >= 11 is 0. The number of benzene rings is 2. The summed E-state index contributed by atoms with van der Waals surface area (Å²) in [6, 6.07) is 20.6. The van der Waals surface area contributed by atoms with Crippen molar-refractivity contribution in [2.24, 2.45) is 5.92 Å². The lowest BCUT2D eigenvalue weighted by molar-refractivity contribution is 0.0690. The third-order valence-corrected chi connectivity index (χ3v) is 5.51. The Bertz CT molecular complexity index is 894. The molecule has 3 aromatic rings. The van der Waals surface area contributed by atoms with Gasteiger partial charge in [-0.25, -0.2) is 4.68 Å². The highest BCUT2D eigenvalue weighted by atomic mass is 16.2. The molecule has 0 aliphatic carbocycles. The van der Waals surface area contributed by atoms with Crippen LogP contribution in [0.3, 0.4) is 0 Å². The van der Waals surface area contributed by atoms with Gasteiger partial charge in [-0.3, -0.25) is 4.79 Å². The van der Waals surface area contributed by atoms with Gasteiger partial charge in [0, 0.05) is 13.1 Å². The Morgan fingerprint density at radius 2 is 1.63 bits per heavy atom. The lowest BCUT2D eigenvalue weighted by Crippen LogP contribution is -2.39. The summed E-state index contributed by atoms with van der Waals surface area (Å²) in [4.78, 5) is 15.0. The van der Waals surface area contributed by atoms with E-state index in [9.17, 15) is 4.79 Å². The monoisotopic (exact) mass is 359 g/mol. The predicted octanol–water partition coefficient (Wildman–Crippen LogP) is 4.28. The fourth-order valence-electron chi connectivity index (χ4n) is 3.91. The lowest BCUT2D eigenvalue weighted by Gasteiger charge is -2.32. The number of piperidine rings is 1. The Balaban J connectivity index is 1.41. The number of carbonyl (C=O) groups excluding carboxylic acids is 1. The van der Waals surface area contributed by atoms with Crippen molar-refractivity contribution in [1.82, 2.24) is 14.7 Å². The zero-order chi connectivity index (χ0) is 18.6. The first kappa shape index (κ1) is 17.5. The van der Waals surface area contributed by atoms with E-state index >= 15 is 0 Å². The van der Waals surface area contributed by atoms with E-state index in [0.29, 0.717) is 11.5 Å². The minimum atomic E-state index is 0.104. The highest BCUT2D eigenvalue weighted by Crippen LogP contribution is 2.24. The first-order chi connectivity index (χ1) is 13.2. The third-order valence-electron chi connectivity index (χ3n) is 5.51. The molecule has 0 spiro atoms. The fraction of sp³-hybridized carbons (Fsp3) is 0.304. The van der Waals surface area contributed by atoms with Gasteiger partial charge in [-0.2, -0.15) is 5.10 Å². The second-order valence-electron chi connectivity index (χ2n) is 7.32. The highest BCUT2D eigenvalue weighted by Gasteiger charge is 2.26. The Labute approximate surface area is 160 Å². The van der Waals surface area contributed by atoms with Crippen molar-refractivity contribution in [3.05, 3.63) is 83.7 Å². The summed E-state index contributed by atoms with van der Waals surface area (Å²) < 4.78 is 1.84. The Kier molecular flexibility index (Phi) is 5.05. The van der Waals surface area contributed by atoms with Crippen LogP contribution in [0.4, 0.5) is 0 Å². The van der Waals surface area contributed by atoms with Crippen LogP contribution in [-0.4, -0.2) is 33.7 Å². The van der Waals surface area contributed by atoms with Crippen molar-refractivity contribution in [3.63, 3.8) is 0 Å². The summed E-state index contributed by atoms with van der Waals surface area (Å²) in [5.41, 5.74) is 3.98. The number of aromatic nitrogens is 2. The molecule has 4 rings (SSSR count). The van der Waals surface area contributed by atoms with Crippen molar-refractivity contribution < 1.29 is 4.79 Å². The zero-order valence-corrected chi connectivity index (χ0v) is 15.7. The SMILES string of the molecule is Cc1c(C(=O)N2CCC(Cc3ccccc3)CC2)cnn1-c1ccccc1. The summed E-state index contributed by atoms with van der Waals surface area (Å²) in [5, 5.41) is 4.44. The van der Waals surface area contributed by atoms with Crippen LogP contribution in [0.2, 0.25) is 0 Å². The van der Waals surface area contributed by atoms with Crippen molar-refractivity contribution in [1.29, 1.82) is 0 Å². The van der Waals surface area contributed by atoms with Gasteiger partial charge in [0.15, 0.2) is 0 Å². The molecule has 1 amide bonds. The number of carbonyl (C=O) groups is 1. The van der Waals surface area contributed by atoms with E-state index in [0.717, 1.165) is 43.7 Å². The van der Waals surface area contributed by atoms with Gasteiger partial charge in [-0.15, -0.1) is 0 Å². The zero-order valence-electron chi connectivity index (χ0n) is 15.7. The van der Waals surface area contributed by atoms with Crippen LogP contribution >= 0.6 is 0 Å². The average molecular weight is 359 g/mol. The molecule has 4 nitrogen and oxygen atoms in total. The molecule has 2 heterocycles. The average Bonchev–Trinajstić information content (AvgIpc) is 3.11. The predicted molar refractivity (Wildman–Crippen MR) is 107 cm³/mol. The van der Waals surface area contributed by atoms with Gasteiger partial charge >= 0.3 is 0 Å². The van der Waals surface area contributed by atoms with Crippen molar-refractivity contribution in [2.75, 3.05) is 13.1 Å². The van der Waals surface area contributed by atoms with Crippen LogP contribution in [0.25, 0.3) is 5.69 Å². The molecular weight excluding hydrogens is 334 g/mol. The molecule has 0 atom stereocenters. The van der Waals surface area contributed by atoms with Gasteiger partial charge in [-0.1, -0.05) is 48.5 Å². The largest absolute Gasteiger partial charge is 0.339 e. The molecule has 138 valence electrons. The van der Waals surface area contributed by atoms with Gasteiger partial charge in [0.05, 0.1) is 23.1 Å². The van der Waals surface area contributed by atoms with E-state index in [1.807, 2.05) is 46.8 Å². The van der Waals surface area contributed by atoms with Gasteiger partial charge in [0.25, 0.3) is 5.91 Å². The van der Waals surface area contributed by atoms with E-state index in [4.69, 9.17) is 0 Å². The maximum atomic E-state index is 13.0. The number of rotatable bonds is 4. The third kappa shape index (κ3) is 3.80. The number of hydrogen-bond donors (Lipinski definition) is 0. The minimum absolute atomic E-state index is 0.104. The fourth-order valence-corrected chi connectivity index (χ4v) is 3.91. The van der Waals surface area contributed by atoms with Crippen LogP contribution in [-0.2, 0) is 6.42 Å². The molecule has 4 heteroatoms. The lowest BCUT2D eigenvalue weighted by atomic mass is 9.90. The standard InChI is InChI=1S/C23H25N3O/c1-18-22(17-24-26(18)21-10-6-3-7-11-21)23(27)25-14-12-20(13-15-25)16-19-8-4-2-5-9-19/h2-11,17,20H,12-16H2,1H3.